The van der Waals surface area contributed by atoms with Gasteiger partial charge in [-0.15, -0.1) is 0 Å². The highest BCUT2D eigenvalue weighted by atomic mass is 19.1. The molecular formula is C16H17F2N. The van der Waals surface area contributed by atoms with Crippen molar-refractivity contribution in [1.29, 1.82) is 0 Å². The van der Waals surface area contributed by atoms with E-state index in [-0.39, 0.29) is 6.04 Å². The van der Waals surface area contributed by atoms with E-state index in [2.05, 4.69) is 6.92 Å². The number of aryl methyl sites for hydroxylation is 1. The summed E-state index contributed by atoms with van der Waals surface area (Å²) in [5, 5.41) is 0. The van der Waals surface area contributed by atoms with Crippen molar-refractivity contribution in [2.75, 3.05) is 0 Å². The molecule has 0 saturated carbocycles. The molecule has 0 spiro atoms. The van der Waals surface area contributed by atoms with Gasteiger partial charge in [0.05, 0.1) is 0 Å². The van der Waals surface area contributed by atoms with E-state index in [1.54, 1.807) is 0 Å². The largest absolute Gasteiger partial charge is 0.324 e. The Bertz CT molecular complexity index is 549. The molecule has 0 amide bonds. The highest BCUT2D eigenvalue weighted by Gasteiger charge is 2.11. The van der Waals surface area contributed by atoms with Crippen molar-refractivity contribution in [3.8, 4) is 0 Å². The quantitative estimate of drug-likeness (QED) is 0.890. The maximum Gasteiger partial charge on any atom is 0.129 e. The minimum absolute atomic E-state index is 0.286. The van der Waals surface area contributed by atoms with Crippen LogP contribution in [0, 0.1) is 11.6 Å². The molecule has 2 aromatic rings. The Morgan fingerprint density at radius 2 is 1.74 bits per heavy atom. The number of benzene rings is 2. The molecule has 0 saturated heterocycles. The van der Waals surface area contributed by atoms with Crippen LogP contribution in [0.2, 0.25) is 0 Å². The first-order valence-corrected chi connectivity index (χ1v) is 6.38. The van der Waals surface area contributed by atoms with Crippen molar-refractivity contribution in [2.24, 2.45) is 5.73 Å². The molecule has 0 heterocycles. The zero-order valence-corrected chi connectivity index (χ0v) is 10.9. The van der Waals surface area contributed by atoms with Crippen LogP contribution in [0.15, 0.2) is 42.5 Å². The highest BCUT2D eigenvalue weighted by Crippen LogP contribution is 2.19. The predicted molar refractivity (Wildman–Crippen MR) is 72.8 cm³/mol. The maximum atomic E-state index is 13.5. The Morgan fingerprint density at radius 1 is 1.05 bits per heavy atom. The second-order valence-electron chi connectivity index (χ2n) is 4.64. The Balaban J connectivity index is 2.13. The van der Waals surface area contributed by atoms with E-state index in [9.17, 15) is 8.78 Å². The van der Waals surface area contributed by atoms with Crippen molar-refractivity contribution in [1.82, 2.24) is 0 Å². The average Bonchev–Trinajstić information content (AvgIpc) is 2.42. The summed E-state index contributed by atoms with van der Waals surface area (Å²) in [5.41, 5.74) is 8.70. The van der Waals surface area contributed by atoms with Gasteiger partial charge < -0.3 is 5.73 Å². The molecule has 0 fully saturated rings. The number of rotatable bonds is 4. The summed E-state index contributed by atoms with van der Waals surface area (Å²) in [7, 11) is 0. The van der Waals surface area contributed by atoms with Crippen molar-refractivity contribution in [3.05, 3.63) is 70.8 Å². The van der Waals surface area contributed by atoms with E-state index in [4.69, 9.17) is 5.73 Å². The fourth-order valence-corrected chi connectivity index (χ4v) is 2.04. The van der Waals surface area contributed by atoms with Gasteiger partial charge in [0.25, 0.3) is 0 Å². The molecule has 0 aliphatic carbocycles. The average molecular weight is 261 g/mol. The molecule has 19 heavy (non-hydrogen) atoms. The fraction of sp³-hybridized carbons (Fsp3) is 0.250. The van der Waals surface area contributed by atoms with Gasteiger partial charge in [0.2, 0.25) is 0 Å². The third-order valence-corrected chi connectivity index (χ3v) is 3.27. The summed E-state index contributed by atoms with van der Waals surface area (Å²) in [6, 6.07) is 11.3. The fourth-order valence-electron chi connectivity index (χ4n) is 2.04. The lowest BCUT2D eigenvalue weighted by Gasteiger charge is -2.13. The third kappa shape index (κ3) is 3.38. The van der Waals surface area contributed by atoms with Crippen molar-refractivity contribution in [2.45, 2.75) is 25.8 Å². The van der Waals surface area contributed by atoms with E-state index in [1.807, 2.05) is 24.3 Å². The summed E-state index contributed by atoms with van der Waals surface area (Å²) in [6.07, 6.45) is 1.33. The van der Waals surface area contributed by atoms with Gasteiger partial charge in [-0.3, -0.25) is 0 Å². The molecule has 0 aliphatic rings. The number of hydrogen-bond donors (Lipinski definition) is 1. The van der Waals surface area contributed by atoms with Crippen LogP contribution in [0.25, 0.3) is 0 Å². The Kier molecular flexibility index (Phi) is 4.27. The van der Waals surface area contributed by atoms with Crippen LogP contribution < -0.4 is 5.73 Å². The van der Waals surface area contributed by atoms with Crippen LogP contribution in [0.3, 0.4) is 0 Å². The molecule has 1 nitrogen and oxygen atoms in total. The van der Waals surface area contributed by atoms with Crippen LogP contribution >= 0.6 is 0 Å². The van der Waals surface area contributed by atoms with Gasteiger partial charge in [0.15, 0.2) is 0 Å². The summed E-state index contributed by atoms with van der Waals surface area (Å²) in [6.45, 7) is 2.09. The molecule has 0 aromatic heterocycles. The van der Waals surface area contributed by atoms with Gasteiger partial charge >= 0.3 is 0 Å². The molecule has 0 aliphatic heterocycles. The number of halogens is 2. The molecule has 2 rings (SSSR count). The second-order valence-corrected chi connectivity index (χ2v) is 4.64. The lowest BCUT2D eigenvalue weighted by atomic mass is 9.98. The van der Waals surface area contributed by atoms with Crippen LogP contribution in [0.4, 0.5) is 8.78 Å². The number of hydrogen-bond acceptors (Lipinski definition) is 1. The molecule has 1 unspecified atom stereocenters. The zero-order valence-electron chi connectivity index (χ0n) is 10.9. The lowest BCUT2D eigenvalue weighted by Crippen LogP contribution is -2.14. The Hall–Kier alpha value is -1.74. The van der Waals surface area contributed by atoms with Crippen molar-refractivity contribution >= 4 is 0 Å². The molecule has 3 heteroatoms. The Morgan fingerprint density at radius 3 is 2.32 bits per heavy atom. The molecule has 2 aromatic carbocycles. The second kappa shape index (κ2) is 5.93. The molecule has 2 N–H and O–H groups in total. The monoisotopic (exact) mass is 261 g/mol. The minimum atomic E-state index is -0.567. The molecule has 100 valence electrons. The van der Waals surface area contributed by atoms with E-state index in [0.717, 1.165) is 18.1 Å². The van der Waals surface area contributed by atoms with Gasteiger partial charge in [0, 0.05) is 12.1 Å². The maximum absolute atomic E-state index is 13.5. The van der Waals surface area contributed by atoms with E-state index in [0.29, 0.717) is 12.0 Å². The predicted octanol–water partition coefficient (Wildman–Crippen LogP) is 3.77. The van der Waals surface area contributed by atoms with Gasteiger partial charge in [-0.1, -0.05) is 37.3 Å². The zero-order chi connectivity index (χ0) is 13.8. The first-order chi connectivity index (χ1) is 9.10. The van der Waals surface area contributed by atoms with Crippen LogP contribution in [0.1, 0.15) is 29.7 Å². The molecular weight excluding hydrogens is 244 g/mol. The van der Waals surface area contributed by atoms with E-state index >= 15 is 0 Å². The number of nitrogens with two attached hydrogens (primary N) is 1. The molecule has 0 bridgehead atoms. The van der Waals surface area contributed by atoms with Crippen molar-refractivity contribution < 1.29 is 8.78 Å². The summed E-state index contributed by atoms with van der Waals surface area (Å²) >= 11 is 0. The normalized spacial score (nSPS) is 12.4. The highest BCUT2D eigenvalue weighted by molar-refractivity contribution is 5.27. The van der Waals surface area contributed by atoms with Crippen LogP contribution in [0.5, 0.6) is 0 Å². The smallest absolute Gasteiger partial charge is 0.129 e. The SMILES string of the molecule is CCc1ccc(C(N)Cc2ccc(F)cc2F)cc1. The Labute approximate surface area is 112 Å². The summed E-state index contributed by atoms with van der Waals surface area (Å²) < 4.78 is 26.4. The van der Waals surface area contributed by atoms with Crippen LogP contribution in [-0.4, -0.2) is 0 Å². The summed E-state index contributed by atoms with van der Waals surface area (Å²) in [5.74, 6) is -1.11. The topological polar surface area (TPSA) is 26.0 Å². The van der Waals surface area contributed by atoms with Crippen LogP contribution in [-0.2, 0) is 12.8 Å². The standard InChI is InChI=1S/C16H17F2N/c1-2-11-3-5-12(6-4-11)16(19)9-13-7-8-14(17)10-15(13)18/h3-8,10,16H,2,9,19H2,1H3. The minimum Gasteiger partial charge on any atom is -0.324 e. The van der Waals surface area contributed by atoms with Crippen molar-refractivity contribution in [3.63, 3.8) is 0 Å². The van der Waals surface area contributed by atoms with Gasteiger partial charge in [0.1, 0.15) is 11.6 Å². The molecule has 0 radical (unpaired) electrons. The van der Waals surface area contributed by atoms with E-state index < -0.39 is 11.6 Å². The molecule has 1 atom stereocenters. The summed E-state index contributed by atoms with van der Waals surface area (Å²) in [4.78, 5) is 0. The van der Waals surface area contributed by atoms with E-state index in [1.165, 1.54) is 17.7 Å². The van der Waals surface area contributed by atoms with Gasteiger partial charge in [-0.2, -0.15) is 0 Å². The first kappa shape index (κ1) is 13.7. The van der Waals surface area contributed by atoms with Gasteiger partial charge in [-0.25, -0.2) is 8.78 Å². The third-order valence-electron chi connectivity index (χ3n) is 3.27. The lowest BCUT2D eigenvalue weighted by molar-refractivity contribution is 0.563. The van der Waals surface area contributed by atoms with Gasteiger partial charge in [-0.05, 0) is 35.6 Å². The first-order valence-electron chi connectivity index (χ1n) is 6.38.